The maximum Gasteiger partial charge on any atom is 0.257 e. The highest BCUT2D eigenvalue weighted by atomic mass is 32.2. The van der Waals surface area contributed by atoms with Gasteiger partial charge in [0.15, 0.2) is 0 Å². The first-order valence-electron chi connectivity index (χ1n) is 7.32. The topological polar surface area (TPSA) is 46.9 Å². The fourth-order valence-electron chi connectivity index (χ4n) is 2.69. The third kappa shape index (κ3) is 2.58. The van der Waals surface area contributed by atoms with E-state index in [2.05, 4.69) is 18.3 Å². The van der Waals surface area contributed by atoms with E-state index in [0.717, 1.165) is 39.8 Å². The number of rotatable bonds is 3. The van der Waals surface area contributed by atoms with Gasteiger partial charge in [-0.2, -0.15) is 28.2 Å². The molecule has 23 heavy (non-hydrogen) atoms. The van der Waals surface area contributed by atoms with E-state index in [1.807, 2.05) is 51.5 Å². The molecule has 0 bridgehead atoms. The van der Waals surface area contributed by atoms with Gasteiger partial charge in [0.1, 0.15) is 5.82 Å². The Morgan fingerprint density at radius 1 is 1.26 bits per heavy atom. The Morgan fingerprint density at radius 3 is 2.91 bits per heavy atom. The summed E-state index contributed by atoms with van der Waals surface area (Å²) in [7, 11) is 0. The van der Waals surface area contributed by atoms with E-state index < -0.39 is 0 Å². The Hall–Kier alpha value is -2.05. The first kappa shape index (κ1) is 14.5. The molecule has 0 saturated carbocycles. The first-order valence-corrected chi connectivity index (χ1v) is 9.42. The van der Waals surface area contributed by atoms with Gasteiger partial charge in [0.2, 0.25) is 0 Å². The molecule has 0 unspecified atom stereocenters. The predicted octanol–water partition coefficient (Wildman–Crippen LogP) is 4.24. The third-order valence-electron chi connectivity index (χ3n) is 3.91. The smallest absolute Gasteiger partial charge is 0.257 e. The molecule has 116 valence electrons. The maximum absolute atomic E-state index is 12.5. The molecule has 0 atom stereocenters. The molecule has 1 amide bonds. The SMILES string of the molecule is Cc1ccccc1-n1nc2c(c1NC(=O)c1ccsc1)CSC2. The van der Waals surface area contributed by atoms with Gasteiger partial charge in [0.25, 0.3) is 5.91 Å². The number of fused-ring (bicyclic) bond motifs is 1. The van der Waals surface area contributed by atoms with Crippen LogP contribution < -0.4 is 5.32 Å². The van der Waals surface area contributed by atoms with Crippen LogP contribution in [0.3, 0.4) is 0 Å². The van der Waals surface area contributed by atoms with Crippen molar-refractivity contribution in [2.75, 3.05) is 5.32 Å². The zero-order chi connectivity index (χ0) is 15.8. The van der Waals surface area contributed by atoms with Crippen molar-refractivity contribution in [3.05, 3.63) is 63.5 Å². The van der Waals surface area contributed by atoms with E-state index in [9.17, 15) is 4.79 Å². The average molecular weight is 341 g/mol. The minimum atomic E-state index is -0.0827. The molecule has 0 spiro atoms. The maximum atomic E-state index is 12.5. The molecule has 1 aliphatic heterocycles. The molecule has 2 aromatic heterocycles. The lowest BCUT2D eigenvalue weighted by Gasteiger charge is -2.12. The second-order valence-electron chi connectivity index (χ2n) is 5.43. The number of benzene rings is 1. The van der Waals surface area contributed by atoms with Gasteiger partial charge < -0.3 is 5.32 Å². The number of amides is 1. The number of nitrogens with zero attached hydrogens (tertiary/aromatic N) is 2. The van der Waals surface area contributed by atoms with Crippen molar-refractivity contribution in [1.29, 1.82) is 0 Å². The summed E-state index contributed by atoms with van der Waals surface area (Å²) in [4.78, 5) is 12.5. The van der Waals surface area contributed by atoms with Crippen LogP contribution in [-0.2, 0) is 11.5 Å². The number of aromatic nitrogens is 2. The van der Waals surface area contributed by atoms with Crippen LogP contribution in [0.1, 0.15) is 27.2 Å². The van der Waals surface area contributed by atoms with Crippen molar-refractivity contribution in [2.24, 2.45) is 0 Å². The van der Waals surface area contributed by atoms with E-state index in [1.54, 1.807) is 0 Å². The van der Waals surface area contributed by atoms with Crippen LogP contribution in [-0.4, -0.2) is 15.7 Å². The molecule has 4 nitrogen and oxygen atoms in total. The number of carbonyl (C=O) groups excluding carboxylic acids is 1. The van der Waals surface area contributed by atoms with Crippen molar-refractivity contribution in [3.63, 3.8) is 0 Å². The number of aryl methyl sites for hydroxylation is 1. The first-order chi connectivity index (χ1) is 11.2. The minimum Gasteiger partial charge on any atom is -0.306 e. The Labute approximate surface area is 142 Å². The lowest BCUT2D eigenvalue weighted by molar-refractivity contribution is 0.102. The predicted molar refractivity (Wildman–Crippen MR) is 95.6 cm³/mol. The van der Waals surface area contributed by atoms with Crippen LogP contribution in [0.4, 0.5) is 5.82 Å². The molecule has 0 fully saturated rings. The van der Waals surface area contributed by atoms with Crippen molar-refractivity contribution in [3.8, 4) is 5.69 Å². The normalized spacial score (nSPS) is 13.1. The van der Waals surface area contributed by atoms with E-state index >= 15 is 0 Å². The van der Waals surface area contributed by atoms with E-state index in [1.165, 1.54) is 11.3 Å². The minimum absolute atomic E-state index is 0.0827. The van der Waals surface area contributed by atoms with Gasteiger partial charge in [-0.15, -0.1) is 0 Å². The summed E-state index contributed by atoms with van der Waals surface area (Å²) >= 11 is 3.35. The van der Waals surface area contributed by atoms with Crippen LogP contribution in [0.2, 0.25) is 0 Å². The van der Waals surface area contributed by atoms with Gasteiger partial charge >= 0.3 is 0 Å². The van der Waals surface area contributed by atoms with E-state index in [0.29, 0.717) is 5.56 Å². The monoisotopic (exact) mass is 341 g/mol. The summed E-state index contributed by atoms with van der Waals surface area (Å²) in [6.07, 6.45) is 0. The molecule has 0 radical (unpaired) electrons. The summed E-state index contributed by atoms with van der Waals surface area (Å²) in [6, 6.07) is 9.93. The molecule has 1 aliphatic rings. The Kier molecular flexibility index (Phi) is 3.71. The van der Waals surface area contributed by atoms with Gasteiger partial charge in [-0.1, -0.05) is 18.2 Å². The highest BCUT2D eigenvalue weighted by Gasteiger charge is 2.25. The van der Waals surface area contributed by atoms with Gasteiger partial charge in [-0.3, -0.25) is 4.79 Å². The Balaban J connectivity index is 1.79. The average Bonchev–Trinajstić information content (AvgIpc) is 3.26. The fourth-order valence-corrected chi connectivity index (χ4v) is 4.36. The van der Waals surface area contributed by atoms with Crippen LogP contribution >= 0.6 is 23.1 Å². The number of anilines is 1. The molecule has 3 heterocycles. The van der Waals surface area contributed by atoms with Crippen LogP contribution in [0.5, 0.6) is 0 Å². The van der Waals surface area contributed by atoms with Crippen molar-refractivity contribution < 1.29 is 4.79 Å². The number of hydrogen-bond acceptors (Lipinski definition) is 4. The standard InChI is InChI=1S/C17H15N3OS2/c1-11-4-2-3-5-15(11)20-16(13-9-23-10-14(13)19-20)18-17(21)12-6-7-22-8-12/h2-8H,9-10H2,1H3,(H,18,21). The lowest BCUT2D eigenvalue weighted by atomic mass is 10.2. The second kappa shape index (κ2) is 5.86. The Bertz CT molecular complexity index is 868. The molecule has 6 heteroatoms. The number of thioether (sulfide) groups is 1. The van der Waals surface area contributed by atoms with E-state index in [4.69, 9.17) is 5.10 Å². The van der Waals surface area contributed by atoms with E-state index in [-0.39, 0.29) is 5.91 Å². The zero-order valence-corrected chi connectivity index (χ0v) is 14.2. The van der Waals surface area contributed by atoms with Gasteiger partial charge in [-0.05, 0) is 30.0 Å². The highest BCUT2D eigenvalue weighted by molar-refractivity contribution is 7.98. The summed E-state index contributed by atoms with van der Waals surface area (Å²) in [5.41, 5.74) is 5.03. The van der Waals surface area contributed by atoms with Crippen molar-refractivity contribution in [1.82, 2.24) is 9.78 Å². The number of nitrogens with one attached hydrogen (secondary N) is 1. The molecule has 0 saturated heterocycles. The number of carbonyl (C=O) groups is 1. The summed E-state index contributed by atoms with van der Waals surface area (Å²) in [5.74, 6) is 2.51. The molecule has 3 aromatic rings. The zero-order valence-electron chi connectivity index (χ0n) is 12.6. The molecule has 1 N–H and O–H groups in total. The summed E-state index contributed by atoms with van der Waals surface area (Å²) in [6.45, 7) is 2.06. The number of thiophene rings is 1. The van der Waals surface area contributed by atoms with Gasteiger partial charge in [-0.25, -0.2) is 4.68 Å². The second-order valence-corrected chi connectivity index (χ2v) is 7.20. The number of hydrogen-bond donors (Lipinski definition) is 1. The summed E-state index contributed by atoms with van der Waals surface area (Å²) < 4.78 is 1.88. The van der Waals surface area contributed by atoms with Crippen molar-refractivity contribution in [2.45, 2.75) is 18.4 Å². The largest absolute Gasteiger partial charge is 0.306 e. The van der Waals surface area contributed by atoms with Gasteiger partial charge in [0, 0.05) is 22.4 Å². The Morgan fingerprint density at radius 2 is 2.13 bits per heavy atom. The quantitative estimate of drug-likeness (QED) is 0.775. The molecular weight excluding hydrogens is 326 g/mol. The molecule has 1 aromatic carbocycles. The van der Waals surface area contributed by atoms with Crippen molar-refractivity contribution >= 4 is 34.8 Å². The van der Waals surface area contributed by atoms with Crippen LogP contribution in [0.15, 0.2) is 41.1 Å². The van der Waals surface area contributed by atoms with Crippen LogP contribution in [0.25, 0.3) is 5.69 Å². The van der Waals surface area contributed by atoms with Crippen LogP contribution in [0, 0.1) is 6.92 Å². The molecule has 4 rings (SSSR count). The highest BCUT2D eigenvalue weighted by Crippen LogP contribution is 2.36. The summed E-state index contributed by atoms with van der Waals surface area (Å²) in [5, 5.41) is 11.6. The molecule has 0 aliphatic carbocycles. The third-order valence-corrected chi connectivity index (χ3v) is 5.56. The van der Waals surface area contributed by atoms with Gasteiger partial charge in [0.05, 0.1) is 16.9 Å². The molecular formula is C17H15N3OS2. The fraction of sp³-hybridized carbons (Fsp3) is 0.176. The number of para-hydroxylation sites is 1. The lowest BCUT2D eigenvalue weighted by Crippen LogP contribution is -2.16.